The zero-order valence-electron chi connectivity index (χ0n) is 16.7. The molecular weight excluding hydrogens is 382 g/mol. The summed E-state index contributed by atoms with van der Waals surface area (Å²) in [6.07, 6.45) is 1.52. The van der Waals surface area contributed by atoms with E-state index in [9.17, 15) is 14.4 Å². The van der Waals surface area contributed by atoms with Gasteiger partial charge >= 0.3 is 0 Å². The first-order chi connectivity index (χ1) is 14.4. The zero-order chi connectivity index (χ0) is 21.3. The summed E-state index contributed by atoms with van der Waals surface area (Å²) >= 11 is 0. The minimum atomic E-state index is -1.05. The Hall–Kier alpha value is -3.52. The molecule has 0 spiro atoms. The zero-order valence-corrected chi connectivity index (χ0v) is 16.7. The lowest BCUT2D eigenvalue weighted by molar-refractivity contribution is -0.114. The van der Waals surface area contributed by atoms with Gasteiger partial charge in [-0.2, -0.15) is 0 Å². The van der Waals surface area contributed by atoms with Crippen LogP contribution in [-0.2, 0) is 18.4 Å². The van der Waals surface area contributed by atoms with Gasteiger partial charge in [0.1, 0.15) is 11.2 Å². The molecule has 8 heteroatoms. The summed E-state index contributed by atoms with van der Waals surface area (Å²) in [5, 5.41) is 0. The monoisotopic (exact) mass is 405 g/mol. The Morgan fingerprint density at radius 2 is 1.70 bits per heavy atom. The van der Waals surface area contributed by atoms with Crippen molar-refractivity contribution in [1.29, 1.82) is 0 Å². The van der Waals surface area contributed by atoms with E-state index in [2.05, 4.69) is 22.0 Å². The Kier molecular flexibility index (Phi) is 5.33. The number of ketones is 1. The first kappa shape index (κ1) is 19.8. The van der Waals surface area contributed by atoms with Crippen LogP contribution in [0.4, 0.5) is 0 Å². The van der Waals surface area contributed by atoms with Crippen LogP contribution in [0.1, 0.15) is 26.4 Å². The predicted molar refractivity (Wildman–Crippen MR) is 112 cm³/mol. The number of benzene rings is 1. The van der Waals surface area contributed by atoms with E-state index in [0.717, 1.165) is 19.6 Å². The van der Waals surface area contributed by atoms with Crippen LogP contribution >= 0.6 is 0 Å². The summed E-state index contributed by atoms with van der Waals surface area (Å²) in [4.78, 5) is 44.9. The largest absolute Gasteiger partial charge is 0.363 e. The van der Waals surface area contributed by atoms with Crippen LogP contribution in [0.15, 0.2) is 48.7 Å². The standard InChI is InChI=1S/C22H23N5O3/c1-25-14-16(20(28)21(23)29)19-18(25)8-7-17(24-19)22(30)27-11-9-26(10-12-27)13-15-5-3-2-4-6-15/h2-8,14H,9-13H2,1H3,(H2,23,29). The number of nitrogens with two attached hydrogens (primary N) is 1. The van der Waals surface area contributed by atoms with Gasteiger partial charge in [-0.15, -0.1) is 0 Å². The lowest BCUT2D eigenvalue weighted by atomic mass is 10.1. The van der Waals surface area contributed by atoms with Crippen LogP contribution in [-0.4, -0.2) is 63.1 Å². The van der Waals surface area contributed by atoms with Crippen molar-refractivity contribution >= 4 is 28.6 Å². The summed E-state index contributed by atoms with van der Waals surface area (Å²) in [5.41, 5.74) is 7.73. The van der Waals surface area contributed by atoms with E-state index < -0.39 is 11.7 Å². The van der Waals surface area contributed by atoms with Crippen molar-refractivity contribution < 1.29 is 14.4 Å². The number of rotatable bonds is 5. The molecule has 8 nitrogen and oxygen atoms in total. The minimum absolute atomic E-state index is 0.113. The molecule has 0 unspecified atom stereocenters. The van der Waals surface area contributed by atoms with Crippen molar-refractivity contribution in [1.82, 2.24) is 19.4 Å². The van der Waals surface area contributed by atoms with Crippen molar-refractivity contribution in [2.75, 3.05) is 26.2 Å². The molecule has 30 heavy (non-hydrogen) atoms. The molecule has 1 aliphatic rings. The van der Waals surface area contributed by atoms with Crippen molar-refractivity contribution in [3.63, 3.8) is 0 Å². The number of carbonyl (C=O) groups excluding carboxylic acids is 3. The van der Waals surface area contributed by atoms with Crippen molar-refractivity contribution in [3.8, 4) is 0 Å². The SMILES string of the molecule is Cn1cc(C(=O)C(N)=O)c2nc(C(=O)N3CCN(Cc4ccccc4)CC3)ccc21. The number of aromatic nitrogens is 2. The number of amides is 2. The second kappa shape index (κ2) is 8.08. The maximum Gasteiger partial charge on any atom is 0.289 e. The molecule has 2 N–H and O–H groups in total. The highest BCUT2D eigenvalue weighted by Gasteiger charge is 2.25. The molecule has 0 radical (unpaired) electrons. The highest BCUT2D eigenvalue weighted by molar-refractivity contribution is 6.44. The van der Waals surface area contributed by atoms with Gasteiger partial charge in [0, 0.05) is 46.0 Å². The number of hydrogen-bond acceptors (Lipinski definition) is 5. The first-order valence-electron chi connectivity index (χ1n) is 9.80. The molecule has 0 saturated carbocycles. The second-order valence-electron chi connectivity index (χ2n) is 7.47. The molecule has 1 aromatic carbocycles. The van der Waals surface area contributed by atoms with E-state index in [1.54, 1.807) is 28.6 Å². The maximum atomic E-state index is 13.0. The molecule has 1 aliphatic heterocycles. The van der Waals surface area contributed by atoms with E-state index in [1.165, 1.54) is 11.8 Å². The van der Waals surface area contributed by atoms with E-state index >= 15 is 0 Å². The number of primary amides is 1. The predicted octanol–water partition coefficient (Wildman–Crippen LogP) is 1.20. The Labute approximate surface area is 173 Å². The third-order valence-electron chi connectivity index (χ3n) is 5.43. The minimum Gasteiger partial charge on any atom is -0.363 e. The molecular formula is C22H23N5O3. The molecule has 1 saturated heterocycles. The van der Waals surface area contributed by atoms with E-state index in [-0.39, 0.29) is 17.2 Å². The summed E-state index contributed by atoms with van der Waals surface area (Å²) in [6, 6.07) is 13.6. The average molecular weight is 405 g/mol. The number of piperazine rings is 1. The van der Waals surface area contributed by atoms with Crippen LogP contribution in [0, 0.1) is 0 Å². The maximum absolute atomic E-state index is 13.0. The number of pyridine rings is 1. The van der Waals surface area contributed by atoms with Gasteiger partial charge in [0.05, 0.1) is 11.1 Å². The van der Waals surface area contributed by atoms with Gasteiger partial charge in [0.2, 0.25) is 0 Å². The molecule has 3 aromatic rings. The average Bonchev–Trinajstić information content (AvgIpc) is 3.09. The van der Waals surface area contributed by atoms with Crippen LogP contribution in [0.25, 0.3) is 11.0 Å². The van der Waals surface area contributed by atoms with E-state index in [1.807, 2.05) is 18.2 Å². The van der Waals surface area contributed by atoms with Crippen LogP contribution in [0.5, 0.6) is 0 Å². The molecule has 0 aliphatic carbocycles. The lowest BCUT2D eigenvalue weighted by Crippen LogP contribution is -2.48. The molecule has 2 amide bonds. The van der Waals surface area contributed by atoms with Gasteiger partial charge in [-0.1, -0.05) is 30.3 Å². The highest BCUT2D eigenvalue weighted by Crippen LogP contribution is 2.21. The Balaban J connectivity index is 1.49. The number of fused-ring (bicyclic) bond motifs is 1. The third kappa shape index (κ3) is 3.81. The Bertz CT molecular complexity index is 1110. The number of hydrogen-bond donors (Lipinski definition) is 1. The van der Waals surface area contributed by atoms with Crippen LogP contribution in [0.3, 0.4) is 0 Å². The lowest BCUT2D eigenvalue weighted by Gasteiger charge is -2.34. The molecule has 154 valence electrons. The third-order valence-corrected chi connectivity index (χ3v) is 5.43. The van der Waals surface area contributed by atoms with Gasteiger partial charge in [0.25, 0.3) is 17.6 Å². The van der Waals surface area contributed by atoms with Gasteiger partial charge in [-0.25, -0.2) is 4.98 Å². The Morgan fingerprint density at radius 3 is 2.37 bits per heavy atom. The van der Waals surface area contributed by atoms with E-state index in [4.69, 9.17) is 5.73 Å². The van der Waals surface area contributed by atoms with Gasteiger partial charge in [0.15, 0.2) is 0 Å². The normalized spacial score (nSPS) is 14.8. The first-order valence-corrected chi connectivity index (χ1v) is 9.80. The van der Waals surface area contributed by atoms with E-state index in [0.29, 0.717) is 24.1 Å². The fourth-order valence-corrected chi connectivity index (χ4v) is 3.79. The number of Topliss-reactive ketones (excluding diaryl/α,β-unsaturated/α-hetero) is 1. The number of aryl methyl sites for hydroxylation is 1. The smallest absolute Gasteiger partial charge is 0.289 e. The van der Waals surface area contributed by atoms with Crippen molar-refractivity contribution in [3.05, 3.63) is 65.5 Å². The van der Waals surface area contributed by atoms with Crippen LogP contribution in [0.2, 0.25) is 0 Å². The number of carbonyl (C=O) groups is 3. The Morgan fingerprint density at radius 1 is 1.00 bits per heavy atom. The van der Waals surface area contributed by atoms with Crippen molar-refractivity contribution in [2.45, 2.75) is 6.54 Å². The molecule has 3 heterocycles. The second-order valence-corrected chi connectivity index (χ2v) is 7.47. The van der Waals surface area contributed by atoms with Gasteiger partial charge in [-0.05, 0) is 17.7 Å². The fourth-order valence-electron chi connectivity index (χ4n) is 3.79. The molecule has 0 bridgehead atoms. The summed E-state index contributed by atoms with van der Waals surface area (Å²) in [6.45, 7) is 3.62. The molecule has 0 atom stereocenters. The quantitative estimate of drug-likeness (QED) is 0.508. The highest BCUT2D eigenvalue weighted by atomic mass is 16.2. The molecule has 2 aromatic heterocycles. The van der Waals surface area contributed by atoms with Gasteiger partial charge in [-0.3, -0.25) is 19.3 Å². The van der Waals surface area contributed by atoms with Gasteiger partial charge < -0.3 is 15.2 Å². The molecule has 4 rings (SSSR count). The number of nitrogens with zero attached hydrogens (tertiary/aromatic N) is 4. The summed E-state index contributed by atoms with van der Waals surface area (Å²) < 4.78 is 1.69. The van der Waals surface area contributed by atoms with Crippen LogP contribution < -0.4 is 5.73 Å². The fraction of sp³-hybridized carbons (Fsp3) is 0.273. The summed E-state index contributed by atoms with van der Waals surface area (Å²) in [7, 11) is 1.75. The molecule has 1 fully saturated rings. The summed E-state index contributed by atoms with van der Waals surface area (Å²) in [5.74, 6) is -2.04. The van der Waals surface area contributed by atoms with Crippen molar-refractivity contribution in [2.24, 2.45) is 12.8 Å². The topological polar surface area (TPSA) is 102 Å².